The molecule has 0 saturated carbocycles. The summed E-state index contributed by atoms with van der Waals surface area (Å²) in [5.74, 6) is -0.847. The molecule has 1 aliphatic rings. The fourth-order valence-corrected chi connectivity index (χ4v) is 5.20. The van der Waals surface area contributed by atoms with Crippen LogP contribution < -0.4 is 4.31 Å². The van der Waals surface area contributed by atoms with Gasteiger partial charge in [0.25, 0.3) is 15.9 Å². The summed E-state index contributed by atoms with van der Waals surface area (Å²) in [6.07, 6.45) is 0.657. The molecule has 0 atom stereocenters. The fourth-order valence-electron chi connectivity index (χ4n) is 3.19. The van der Waals surface area contributed by atoms with Gasteiger partial charge >= 0.3 is 5.97 Å². The van der Waals surface area contributed by atoms with Gasteiger partial charge in [-0.05, 0) is 36.2 Å². The lowest BCUT2D eigenvalue weighted by atomic mass is 10.2. The number of esters is 1. The van der Waals surface area contributed by atoms with Crippen LogP contribution in [0.3, 0.4) is 0 Å². The molecule has 0 saturated heterocycles. The highest BCUT2D eigenvalue weighted by Gasteiger charge is 2.32. The number of para-hydroxylation sites is 1. The quantitative estimate of drug-likeness (QED) is 0.650. The van der Waals surface area contributed by atoms with E-state index in [0.717, 1.165) is 5.56 Å². The van der Waals surface area contributed by atoms with Gasteiger partial charge in [-0.25, -0.2) is 8.42 Å². The summed E-state index contributed by atoms with van der Waals surface area (Å²) >= 11 is 6.20. The second-order valence-electron chi connectivity index (χ2n) is 6.65. The highest BCUT2D eigenvalue weighted by atomic mass is 35.5. The normalized spacial score (nSPS) is 13.1. The molecule has 3 rings (SSSR count). The van der Waals surface area contributed by atoms with Crippen molar-refractivity contribution in [2.24, 2.45) is 0 Å². The lowest BCUT2D eigenvalue weighted by Crippen LogP contribution is -2.31. The van der Waals surface area contributed by atoms with Gasteiger partial charge in [0.1, 0.15) is 4.90 Å². The molecule has 0 spiro atoms. The number of fused-ring (bicyclic) bond motifs is 1. The van der Waals surface area contributed by atoms with Gasteiger partial charge in [0.05, 0.1) is 24.2 Å². The summed E-state index contributed by atoms with van der Waals surface area (Å²) in [7, 11) is -1.13. The molecule has 0 unspecified atom stereocenters. The Kier molecular flexibility index (Phi) is 6.14. The zero-order chi connectivity index (χ0) is 21.2. The Morgan fingerprint density at radius 2 is 1.93 bits per heavy atom. The molecule has 0 N–H and O–H groups in total. The van der Waals surface area contributed by atoms with Gasteiger partial charge < -0.3 is 9.64 Å². The maximum Gasteiger partial charge on any atom is 0.307 e. The average Bonchev–Trinajstić information content (AvgIpc) is 3.16. The molecule has 2 aromatic rings. The Bertz CT molecular complexity index is 1050. The molecule has 9 heteroatoms. The number of ether oxygens (including phenoxy) is 1. The van der Waals surface area contributed by atoms with Crippen LogP contribution in [-0.4, -0.2) is 52.4 Å². The van der Waals surface area contributed by atoms with Gasteiger partial charge in [-0.3, -0.25) is 13.9 Å². The third-order valence-electron chi connectivity index (χ3n) is 4.82. The molecule has 1 aliphatic heterocycles. The number of halogens is 1. The predicted molar refractivity (Wildman–Crippen MR) is 110 cm³/mol. The van der Waals surface area contributed by atoms with Crippen LogP contribution in [0.2, 0.25) is 5.02 Å². The number of rotatable bonds is 6. The molecule has 29 heavy (non-hydrogen) atoms. The molecule has 0 radical (unpaired) electrons. The molecule has 1 amide bonds. The minimum atomic E-state index is -3.94. The smallest absolute Gasteiger partial charge is 0.307 e. The first-order valence-corrected chi connectivity index (χ1v) is 10.8. The monoisotopic (exact) mass is 436 g/mol. The second-order valence-corrected chi connectivity index (χ2v) is 8.89. The zero-order valence-electron chi connectivity index (χ0n) is 16.1. The van der Waals surface area contributed by atoms with E-state index in [0.29, 0.717) is 18.7 Å². The van der Waals surface area contributed by atoms with Crippen molar-refractivity contribution in [1.82, 2.24) is 4.90 Å². The molecule has 0 aromatic heterocycles. The van der Waals surface area contributed by atoms with E-state index in [9.17, 15) is 18.0 Å². The number of amides is 1. The zero-order valence-corrected chi connectivity index (χ0v) is 17.7. The van der Waals surface area contributed by atoms with Crippen LogP contribution >= 0.6 is 11.6 Å². The first-order chi connectivity index (χ1) is 13.8. The molecule has 7 nitrogen and oxygen atoms in total. The Morgan fingerprint density at radius 1 is 1.21 bits per heavy atom. The first kappa shape index (κ1) is 21.1. The van der Waals surface area contributed by atoms with Crippen molar-refractivity contribution in [3.05, 3.63) is 58.6 Å². The first-order valence-electron chi connectivity index (χ1n) is 8.98. The highest BCUT2D eigenvalue weighted by molar-refractivity contribution is 7.93. The topological polar surface area (TPSA) is 84.0 Å². The van der Waals surface area contributed by atoms with E-state index >= 15 is 0 Å². The van der Waals surface area contributed by atoms with Gasteiger partial charge in [-0.1, -0.05) is 29.8 Å². The molecule has 154 valence electrons. The summed E-state index contributed by atoms with van der Waals surface area (Å²) in [4.78, 5) is 25.2. The van der Waals surface area contributed by atoms with Crippen LogP contribution in [-0.2, 0) is 26.0 Å². The third-order valence-corrected chi connectivity index (χ3v) is 7.11. The van der Waals surface area contributed by atoms with Gasteiger partial charge in [-0.2, -0.15) is 0 Å². The van der Waals surface area contributed by atoms with Gasteiger partial charge in [-0.15, -0.1) is 0 Å². The minimum absolute atomic E-state index is 0.0437. The number of benzene rings is 2. The Morgan fingerprint density at radius 3 is 2.66 bits per heavy atom. The number of carbonyl (C=O) groups excluding carboxylic acids is 2. The molecular weight excluding hydrogens is 416 g/mol. The van der Waals surface area contributed by atoms with Crippen LogP contribution in [0.25, 0.3) is 0 Å². The fraction of sp³-hybridized carbons (Fsp3) is 0.300. The number of carbonyl (C=O) groups is 2. The largest absolute Gasteiger partial charge is 0.469 e. The van der Waals surface area contributed by atoms with Crippen molar-refractivity contribution >= 4 is 39.2 Å². The van der Waals surface area contributed by atoms with Crippen molar-refractivity contribution in [1.29, 1.82) is 0 Å². The Hall–Kier alpha value is -2.58. The van der Waals surface area contributed by atoms with Gasteiger partial charge in [0, 0.05) is 25.7 Å². The number of nitrogens with zero attached hydrogens (tertiary/aromatic N) is 2. The summed E-state index contributed by atoms with van der Waals surface area (Å²) in [5, 5.41) is 0.0446. The molecule has 0 bridgehead atoms. The van der Waals surface area contributed by atoms with E-state index in [1.54, 1.807) is 12.1 Å². The van der Waals surface area contributed by atoms with Crippen LogP contribution in [0.1, 0.15) is 22.3 Å². The average molecular weight is 437 g/mol. The van der Waals surface area contributed by atoms with Gasteiger partial charge in [0.2, 0.25) is 0 Å². The van der Waals surface area contributed by atoms with Crippen molar-refractivity contribution in [2.75, 3.05) is 31.6 Å². The summed E-state index contributed by atoms with van der Waals surface area (Å²) in [5.41, 5.74) is 1.74. The lowest BCUT2D eigenvalue weighted by molar-refractivity contribution is -0.140. The maximum absolute atomic E-state index is 13.3. The van der Waals surface area contributed by atoms with E-state index in [1.165, 1.54) is 41.6 Å². The van der Waals surface area contributed by atoms with E-state index < -0.39 is 21.9 Å². The van der Waals surface area contributed by atoms with Gasteiger partial charge in [0.15, 0.2) is 0 Å². The highest BCUT2D eigenvalue weighted by Crippen LogP contribution is 2.35. The second kappa shape index (κ2) is 8.42. The third kappa shape index (κ3) is 4.23. The molecular formula is C20H21ClN2O5S. The van der Waals surface area contributed by atoms with Crippen molar-refractivity contribution in [3.8, 4) is 0 Å². The SMILES string of the molecule is COC(=O)CCN(C)C(=O)c1ccc(Cl)c(S(=O)(=O)N2CCc3ccccc32)c1. The Labute approximate surface area is 174 Å². The van der Waals surface area contributed by atoms with Crippen LogP contribution in [0, 0.1) is 0 Å². The predicted octanol–water partition coefficient (Wildman–Crippen LogP) is 2.73. The lowest BCUT2D eigenvalue weighted by Gasteiger charge is -2.21. The van der Waals surface area contributed by atoms with Crippen molar-refractivity contribution < 1.29 is 22.7 Å². The van der Waals surface area contributed by atoms with E-state index in [-0.39, 0.29) is 28.4 Å². The molecule has 0 aliphatic carbocycles. The molecule has 0 fully saturated rings. The number of hydrogen-bond donors (Lipinski definition) is 0. The van der Waals surface area contributed by atoms with Crippen LogP contribution in [0.15, 0.2) is 47.4 Å². The van der Waals surface area contributed by atoms with E-state index in [1.807, 2.05) is 12.1 Å². The van der Waals surface area contributed by atoms with E-state index in [2.05, 4.69) is 4.74 Å². The maximum atomic E-state index is 13.3. The molecule has 2 aromatic carbocycles. The number of anilines is 1. The van der Waals surface area contributed by atoms with E-state index in [4.69, 9.17) is 11.6 Å². The van der Waals surface area contributed by atoms with Crippen molar-refractivity contribution in [2.45, 2.75) is 17.7 Å². The number of methoxy groups -OCH3 is 1. The number of hydrogen-bond acceptors (Lipinski definition) is 5. The number of sulfonamides is 1. The van der Waals surface area contributed by atoms with Crippen molar-refractivity contribution in [3.63, 3.8) is 0 Å². The Balaban J connectivity index is 1.89. The van der Waals surface area contributed by atoms with Crippen LogP contribution in [0.5, 0.6) is 0 Å². The standard InChI is InChI=1S/C20H21ClN2O5S/c1-22(11-10-19(24)28-2)20(25)15-7-8-16(21)18(13-15)29(26,27)23-12-9-14-5-3-4-6-17(14)23/h3-8,13H,9-12H2,1-2H3. The van der Waals surface area contributed by atoms with Crippen LogP contribution in [0.4, 0.5) is 5.69 Å². The summed E-state index contributed by atoms with van der Waals surface area (Å²) < 4.78 is 32.4. The molecule has 1 heterocycles. The summed E-state index contributed by atoms with van der Waals surface area (Å²) in [6, 6.07) is 11.4. The minimum Gasteiger partial charge on any atom is -0.469 e. The summed E-state index contributed by atoms with van der Waals surface area (Å²) in [6.45, 7) is 0.463.